The zero-order chi connectivity index (χ0) is 17.3. The molecule has 1 fully saturated rings. The Morgan fingerprint density at radius 3 is 2.88 bits per heavy atom. The minimum atomic E-state index is -0.288. The Hall–Kier alpha value is -2.44. The van der Waals surface area contributed by atoms with Gasteiger partial charge in [-0.25, -0.2) is 4.79 Å². The number of rotatable bonds is 6. The number of carbonyl (C=O) groups excluding carboxylic acids is 1. The van der Waals surface area contributed by atoms with Crippen LogP contribution >= 0.6 is 0 Å². The van der Waals surface area contributed by atoms with Gasteiger partial charge in [0, 0.05) is 32.0 Å². The van der Waals surface area contributed by atoms with E-state index in [1.54, 1.807) is 11.1 Å². The van der Waals surface area contributed by atoms with Crippen molar-refractivity contribution in [1.29, 1.82) is 0 Å². The summed E-state index contributed by atoms with van der Waals surface area (Å²) in [6.07, 6.45) is 3.27. The molecule has 1 aromatic heterocycles. The molecule has 1 N–H and O–H groups in total. The van der Waals surface area contributed by atoms with E-state index in [0.29, 0.717) is 32.8 Å². The average Bonchev–Trinajstić information content (AvgIpc) is 2.68. The van der Waals surface area contributed by atoms with Gasteiger partial charge in [0.25, 0.3) is 0 Å². The van der Waals surface area contributed by atoms with E-state index >= 15 is 0 Å². The largest absolute Gasteiger partial charge is 0.445 e. The molecule has 1 atom stereocenters. The zero-order valence-corrected chi connectivity index (χ0v) is 14.1. The smallest absolute Gasteiger partial charge is 0.410 e. The molecule has 1 aromatic carbocycles. The Kier molecular flexibility index (Phi) is 6.36. The van der Waals surface area contributed by atoms with E-state index in [1.165, 1.54) is 0 Å². The van der Waals surface area contributed by atoms with Crippen molar-refractivity contribution in [3.05, 3.63) is 66.0 Å². The number of carbonyl (C=O) groups is 1. The molecule has 1 aliphatic heterocycles. The Balaban J connectivity index is 1.40. The van der Waals surface area contributed by atoms with E-state index in [2.05, 4.69) is 10.3 Å². The van der Waals surface area contributed by atoms with Crippen molar-refractivity contribution in [3.8, 4) is 0 Å². The number of hydrogen-bond donors (Lipinski definition) is 1. The van der Waals surface area contributed by atoms with Crippen LogP contribution < -0.4 is 5.32 Å². The van der Waals surface area contributed by atoms with Crippen LogP contribution in [0.25, 0.3) is 0 Å². The van der Waals surface area contributed by atoms with Gasteiger partial charge < -0.3 is 19.7 Å². The van der Waals surface area contributed by atoms with E-state index in [0.717, 1.165) is 17.7 Å². The second kappa shape index (κ2) is 9.15. The molecule has 0 aliphatic carbocycles. The van der Waals surface area contributed by atoms with Crippen LogP contribution in [0.4, 0.5) is 4.79 Å². The first-order chi connectivity index (χ1) is 12.3. The van der Waals surface area contributed by atoms with Crippen molar-refractivity contribution < 1.29 is 14.3 Å². The Morgan fingerprint density at radius 1 is 1.24 bits per heavy atom. The summed E-state index contributed by atoms with van der Waals surface area (Å²) >= 11 is 0. The first kappa shape index (κ1) is 17.4. The third-order valence-electron chi connectivity index (χ3n) is 4.03. The maximum atomic E-state index is 12.2. The third kappa shape index (κ3) is 5.55. The third-order valence-corrected chi connectivity index (χ3v) is 4.03. The van der Waals surface area contributed by atoms with E-state index in [4.69, 9.17) is 9.47 Å². The van der Waals surface area contributed by atoms with Crippen LogP contribution in [0.3, 0.4) is 0 Å². The molecular weight excluding hydrogens is 318 g/mol. The molecular formula is C19H23N3O3. The standard InChI is InChI=1S/C19H23N3O3/c23-19(25-15-16-5-2-1-3-6-16)22-9-10-24-18(14-22)13-21-12-17-7-4-8-20-11-17/h1-8,11,18,21H,9-10,12-15H2. The molecule has 0 spiro atoms. The van der Waals surface area contributed by atoms with Crippen molar-refractivity contribution in [2.75, 3.05) is 26.2 Å². The van der Waals surface area contributed by atoms with Gasteiger partial charge in [-0.05, 0) is 17.2 Å². The average molecular weight is 341 g/mol. The lowest BCUT2D eigenvalue weighted by Gasteiger charge is -2.32. The minimum Gasteiger partial charge on any atom is -0.445 e. The molecule has 3 rings (SSSR count). The molecule has 1 unspecified atom stereocenters. The van der Waals surface area contributed by atoms with Gasteiger partial charge >= 0.3 is 6.09 Å². The van der Waals surface area contributed by atoms with Gasteiger partial charge in [0.05, 0.1) is 19.3 Å². The highest BCUT2D eigenvalue weighted by molar-refractivity contribution is 5.67. The highest BCUT2D eigenvalue weighted by Gasteiger charge is 2.25. The maximum absolute atomic E-state index is 12.2. The quantitative estimate of drug-likeness (QED) is 0.873. The van der Waals surface area contributed by atoms with Crippen LogP contribution in [0.5, 0.6) is 0 Å². The van der Waals surface area contributed by atoms with Crippen LogP contribution in [0, 0.1) is 0 Å². The normalized spacial score (nSPS) is 17.3. The van der Waals surface area contributed by atoms with Crippen molar-refractivity contribution in [2.24, 2.45) is 0 Å². The molecule has 1 saturated heterocycles. The van der Waals surface area contributed by atoms with E-state index in [-0.39, 0.29) is 12.2 Å². The summed E-state index contributed by atoms with van der Waals surface area (Å²) < 4.78 is 11.1. The number of aromatic nitrogens is 1. The molecule has 6 nitrogen and oxygen atoms in total. The van der Waals surface area contributed by atoms with Crippen LogP contribution in [-0.2, 0) is 22.6 Å². The molecule has 25 heavy (non-hydrogen) atoms. The summed E-state index contributed by atoms with van der Waals surface area (Å²) in [5, 5.41) is 3.34. The molecule has 1 aliphatic rings. The highest BCUT2D eigenvalue weighted by Crippen LogP contribution is 2.09. The molecule has 0 bridgehead atoms. The second-order valence-electron chi connectivity index (χ2n) is 5.97. The van der Waals surface area contributed by atoms with E-state index in [1.807, 2.05) is 48.7 Å². The van der Waals surface area contributed by atoms with Gasteiger partial charge in [-0.2, -0.15) is 0 Å². The molecule has 0 radical (unpaired) electrons. The maximum Gasteiger partial charge on any atom is 0.410 e. The van der Waals surface area contributed by atoms with Gasteiger partial charge in [0.15, 0.2) is 0 Å². The van der Waals surface area contributed by atoms with Crippen LogP contribution in [0.15, 0.2) is 54.9 Å². The van der Waals surface area contributed by atoms with Crippen molar-refractivity contribution >= 4 is 6.09 Å². The van der Waals surface area contributed by atoms with Gasteiger partial charge in [0.1, 0.15) is 6.61 Å². The molecule has 6 heteroatoms. The number of nitrogens with zero attached hydrogens (tertiary/aromatic N) is 2. The van der Waals surface area contributed by atoms with Crippen molar-refractivity contribution in [2.45, 2.75) is 19.3 Å². The van der Waals surface area contributed by atoms with Crippen LogP contribution in [-0.4, -0.2) is 48.3 Å². The second-order valence-corrected chi connectivity index (χ2v) is 5.97. The van der Waals surface area contributed by atoms with Gasteiger partial charge in [-0.3, -0.25) is 4.98 Å². The number of pyridine rings is 1. The number of amides is 1. The fourth-order valence-corrected chi connectivity index (χ4v) is 2.70. The van der Waals surface area contributed by atoms with E-state index in [9.17, 15) is 4.79 Å². The summed E-state index contributed by atoms with van der Waals surface area (Å²) in [6, 6.07) is 13.6. The van der Waals surface area contributed by atoms with Crippen molar-refractivity contribution in [3.63, 3.8) is 0 Å². The molecule has 2 heterocycles. The number of nitrogens with one attached hydrogen (secondary N) is 1. The van der Waals surface area contributed by atoms with Crippen LogP contribution in [0.1, 0.15) is 11.1 Å². The van der Waals surface area contributed by atoms with Gasteiger partial charge in [-0.15, -0.1) is 0 Å². The monoisotopic (exact) mass is 341 g/mol. The predicted molar refractivity (Wildman–Crippen MR) is 93.9 cm³/mol. The highest BCUT2D eigenvalue weighted by atomic mass is 16.6. The Labute approximate surface area is 147 Å². The number of morpholine rings is 1. The fourth-order valence-electron chi connectivity index (χ4n) is 2.70. The van der Waals surface area contributed by atoms with Gasteiger partial charge in [0.2, 0.25) is 0 Å². The Bertz CT molecular complexity index is 651. The molecule has 0 saturated carbocycles. The van der Waals surface area contributed by atoms with Crippen molar-refractivity contribution in [1.82, 2.24) is 15.2 Å². The number of ether oxygens (including phenoxy) is 2. The lowest BCUT2D eigenvalue weighted by Crippen LogP contribution is -2.49. The lowest BCUT2D eigenvalue weighted by atomic mass is 10.2. The molecule has 1 amide bonds. The fraction of sp³-hybridized carbons (Fsp3) is 0.368. The summed E-state index contributed by atoms with van der Waals surface area (Å²) in [5.41, 5.74) is 2.11. The lowest BCUT2D eigenvalue weighted by molar-refractivity contribution is -0.0271. The summed E-state index contributed by atoms with van der Waals surface area (Å²) in [6.45, 7) is 3.32. The first-order valence-corrected chi connectivity index (χ1v) is 8.48. The Morgan fingerprint density at radius 2 is 2.08 bits per heavy atom. The minimum absolute atomic E-state index is 0.0327. The summed E-state index contributed by atoms with van der Waals surface area (Å²) in [7, 11) is 0. The number of hydrogen-bond acceptors (Lipinski definition) is 5. The topological polar surface area (TPSA) is 63.7 Å². The predicted octanol–water partition coefficient (Wildman–Crippen LogP) is 2.21. The SMILES string of the molecule is O=C(OCc1ccccc1)N1CCOC(CNCc2cccnc2)C1. The number of benzene rings is 1. The molecule has 2 aromatic rings. The zero-order valence-electron chi connectivity index (χ0n) is 14.1. The van der Waals surface area contributed by atoms with E-state index < -0.39 is 0 Å². The van der Waals surface area contributed by atoms with Crippen LogP contribution in [0.2, 0.25) is 0 Å². The van der Waals surface area contributed by atoms with Gasteiger partial charge in [-0.1, -0.05) is 36.4 Å². The summed E-state index contributed by atoms with van der Waals surface area (Å²) in [4.78, 5) is 18.0. The summed E-state index contributed by atoms with van der Waals surface area (Å²) in [5.74, 6) is 0. The first-order valence-electron chi connectivity index (χ1n) is 8.48. The molecule has 132 valence electrons.